The highest BCUT2D eigenvalue weighted by atomic mass is 16.5. The molecule has 0 unspecified atom stereocenters. The first-order valence-corrected chi connectivity index (χ1v) is 9.69. The summed E-state index contributed by atoms with van der Waals surface area (Å²) in [5, 5.41) is 11.9. The topological polar surface area (TPSA) is 63.6 Å². The summed E-state index contributed by atoms with van der Waals surface area (Å²) in [6.07, 6.45) is 6.57. The van der Waals surface area contributed by atoms with Crippen molar-refractivity contribution < 1.29 is 19.4 Å². The minimum absolute atomic E-state index is 0.0271. The summed E-state index contributed by atoms with van der Waals surface area (Å²) in [6.45, 7) is 13.7. The van der Waals surface area contributed by atoms with E-state index in [9.17, 15) is 14.7 Å². The molecule has 0 radical (unpaired) electrons. The third kappa shape index (κ3) is 2.52. The monoisotopic (exact) mass is 360 g/mol. The number of carbonyl (C=O) groups excluding carboxylic acids is 2. The van der Waals surface area contributed by atoms with Crippen molar-refractivity contribution in [3.8, 4) is 0 Å². The standard InChI is InChI=1S/C22H32O4/c1-7-20(5)10-11-22(25)15(13-20)16(24)12-17-19(3,4)9-8-18(21(17,22)6)26-14(2)23/h7,13,17-18,25H,1,8-12H2,2-6H3/t17-,18+,20-,21+,22+/m0/s1. The normalized spacial score (nSPS) is 44.4. The minimum Gasteiger partial charge on any atom is -0.462 e. The van der Waals surface area contributed by atoms with Crippen molar-refractivity contribution in [3.05, 3.63) is 24.3 Å². The number of ether oxygens (including phenoxy) is 1. The van der Waals surface area contributed by atoms with Crippen molar-refractivity contribution >= 4 is 11.8 Å². The Morgan fingerprint density at radius 3 is 2.50 bits per heavy atom. The van der Waals surface area contributed by atoms with Crippen molar-refractivity contribution in [2.24, 2.45) is 22.2 Å². The lowest BCUT2D eigenvalue weighted by Crippen LogP contribution is -2.68. The molecule has 26 heavy (non-hydrogen) atoms. The summed E-state index contributed by atoms with van der Waals surface area (Å²) in [6, 6.07) is 0. The first kappa shape index (κ1) is 19.3. The lowest BCUT2D eigenvalue weighted by molar-refractivity contribution is -0.223. The predicted molar refractivity (Wildman–Crippen MR) is 100 cm³/mol. The van der Waals surface area contributed by atoms with Crippen LogP contribution in [-0.4, -0.2) is 28.6 Å². The fourth-order valence-corrected chi connectivity index (χ4v) is 5.87. The number of Topliss-reactive ketones (excluding diaryl/α,β-unsaturated/α-hetero) is 1. The SMILES string of the molecule is C=C[C@]1(C)C=C2C(=O)C[C@H]3C(C)(C)CC[C@@H](OC(C)=O)[C@]3(C)[C@@]2(O)CC1. The van der Waals surface area contributed by atoms with Crippen LogP contribution in [0.4, 0.5) is 0 Å². The lowest BCUT2D eigenvalue weighted by atomic mass is 9.42. The Kier molecular flexibility index (Phi) is 4.31. The first-order chi connectivity index (χ1) is 11.9. The van der Waals surface area contributed by atoms with Gasteiger partial charge in [0.15, 0.2) is 5.78 Å². The number of allylic oxidation sites excluding steroid dienone is 2. The van der Waals surface area contributed by atoms with Crippen molar-refractivity contribution in [3.63, 3.8) is 0 Å². The van der Waals surface area contributed by atoms with Gasteiger partial charge in [-0.3, -0.25) is 9.59 Å². The van der Waals surface area contributed by atoms with E-state index in [0.29, 0.717) is 24.8 Å². The predicted octanol–water partition coefficient (Wildman–Crippen LogP) is 3.98. The maximum Gasteiger partial charge on any atom is 0.302 e. The number of hydrogen-bond acceptors (Lipinski definition) is 4. The zero-order valence-electron chi connectivity index (χ0n) is 16.7. The average Bonchev–Trinajstić information content (AvgIpc) is 2.55. The number of aliphatic hydroxyl groups is 1. The van der Waals surface area contributed by atoms with Gasteiger partial charge >= 0.3 is 5.97 Å². The number of fused-ring (bicyclic) bond motifs is 3. The van der Waals surface area contributed by atoms with Gasteiger partial charge in [-0.15, -0.1) is 6.58 Å². The van der Waals surface area contributed by atoms with Gasteiger partial charge in [-0.05, 0) is 37.0 Å². The third-order valence-corrected chi connectivity index (χ3v) is 7.69. The first-order valence-electron chi connectivity index (χ1n) is 9.69. The van der Waals surface area contributed by atoms with Gasteiger partial charge in [0.1, 0.15) is 11.7 Å². The van der Waals surface area contributed by atoms with Crippen LogP contribution in [0.5, 0.6) is 0 Å². The molecule has 0 aliphatic heterocycles. The highest BCUT2D eigenvalue weighted by molar-refractivity contribution is 5.99. The second-order valence-electron chi connectivity index (χ2n) is 9.72. The Labute approximate surface area is 156 Å². The van der Waals surface area contributed by atoms with Gasteiger partial charge in [-0.2, -0.15) is 0 Å². The van der Waals surface area contributed by atoms with Crippen LogP contribution in [0, 0.1) is 22.2 Å². The molecule has 0 aromatic heterocycles. The molecule has 0 saturated heterocycles. The van der Waals surface area contributed by atoms with E-state index >= 15 is 0 Å². The van der Waals surface area contributed by atoms with Crippen LogP contribution in [0.15, 0.2) is 24.3 Å². The van der Waals surface area contributed by atoms with Gasteiger partial charge in [0, 0.05) is 29.7 Å². The van der Waals surface area contributed by atoms with Crippen molar-refractivity contribution in [2.45, 2.75) is 78.4 Å². The van der Waals surface area contributed by atoms with E-state index in [1.165, 1.54) is 6.92 Å². The van der Waals surface area contributed by atoms with Crippen molar-refractivity contribution in [1.29, 1.82) is 0 Å². The molecule has 0 heterocycles. The van der Waals surface area contributed by atoms with Gasteiger partial charge in [-0.25, -0.2) is 0 Å². The second kappa shape index (κ2) is 5.79. The summed E-state index contributed by atoms with van der Waals surface area (Å²) in [7, 11) is 0. The van der Waals surface area contributed by atoms with Gasteiger partial charge < -0.3 is 9.84 Å². The molecule has 2 fully saturated rings. The highest BCUT2D eigenvalue weighted by Crippen LogP contribution is 2.65. The molecule has 3 aliphatic carbocycles. The summed E-state index contributed by atoms with van der Waals surface area (Å²) in [5.41, 5.74) is -1.83. The molecule has 0 bridgehead atoms. The molecule has 3 rings (SSSR count). The number of hydrogen-bond donors (Lipinski definition) is 1. The van der Waals surface area contributed by atoms with E-state index in [-0.39, 0.29) is 34.6 Å². The molecule has 4 heteroatoms. The van der Waals surface area contributed by atoms with Gasteiger partial charge in [0.2, 0.25) is 0 Å². The molecule has 0 amide bonds. The zero-order valence-corrected chi connectivity index (χ0v) is 16.7. The molecule has 4 nitrogen and oxygen atoms in total. The quantitative estimate of drug-likeness (QED) is 0.598. The number of esters is 1. The van der Waals surface area contributed by atoms with Crippen LogP contribution >= 0.6 is 0 Å². The van der Waals surface area contributed by atoms with E-state index < -0.39 is 11.0 Å². The Morgan fingerprint density at radius 1 is 1.27 bits per heavy atom. The van der Waals surface area contributed by atoms with Crippen LogP contribution in [0.2, 0.25) is 0 Å². The van der Waals surface area contributed by atoms with Crippen LogP contribution < -0.4 is 0 Å². The Balaban J connectivity index is 2.19. The zero-order chi connectivity index (χ0) is 19.5. The summed E-state index contributed by atoms with van der Waals surface area (Å²) < 4.78 is 5.73. The average molecular weight is 360 g/mol. The van der Waals surface area contributed by atoms with E-state index in [4.69, 9.17) is 4.74 Å². The van der Waals surface area contributed by atoms with Crippen LogP contribution in [-0.2, 0) is 14.3 Å². The lowest BCUT2D eigenvalue weighted by Gasteiger charge is -2.64. The maximum atomic E-state index is 13.1. The Hall–Kier alpha value is -1.42. The molecular formula is C22H32O4. The minimum atomic E-state index is -1.27. The largest absolute Gasteiger partial charge is 0.462 e. The molecule has 3 aliphatic rings. The number of carbonyl (C=O) groups is 2. The second-order valence-corrected chi connectivity index (χ2v) is 9.72. The molecule has 0 spiro atoms. The number of ketones is 1. The maximum absolute atomic E-state index is 13.1. The molecule has 0 aromatic rings. The van der Waals surface area contributed by atoms with E-state index in [0.717, 1.165) is 12.8 Å². The van der Waals surface area contributed by atoms with Crippen LogP contribution in [0.3, 0.4) is 0 Å². The van der Waals surface area contributed by atoms with Crippen molar-refractivity contribution in [1.82, 2.24) is 0 Å². The third-order valence-electron chi connectivity index (χ3n) is 7.69. The van der Waals surface area contributed by atoms with Crippen LogP contribution in [0.25, 0.3) is 0 Å². The van der Waals surface area contributed by atoms with E-state index in [1.807, 2.05) is 26.0 Å². The van der Waals surface area contributed by atoms with Crippen molar-refractivity contribution in [2.75, 3.05) is 0 Å². The molecule has 5 atom stereocenters. The van der Waals surface area contributed by atoms with Gasteiger partial charge in [0.05, 0.1) is 0 Å². The highest BCUT2D eigenvalue weighted by Gasteiger charge is 2.68. The fraction of sp³-hybridized carbons (Fsp3) is 0.727. The number of rotatable bonds is 2. The van der Waals surface area contributed by atoms with E-state index in [2.05, 4.69) is 20.4 Å². The summed E-state index contributed by atoms with van der Waals surface area (Å²) in [5.74, 6) is -0.331. The summed E-state index contributed by atoms with van der Waals surface area (Å²) in [4.78, 5) is 24.9. The smallest absolute Gasteiger partial charge is 0.302 e. The van der Waals surface area contributed by atoms with Crippen LogP contribution in [0.1, 0.15) is 66.7 Å². The fourth-order valence-electron chi connectivity index (χ4n) is 5.87. The summed E-state index contributed by atoms with van der Waals surface area (Å²) >= 11 is 0. The molecule has 2 saturated carbocycles. The Bertz CT molecular complexity index is 690. The van der Waals surface area contributed by atoms with Gasteiger partial charge in [-0.1, -0.05) is 39.8 Å². The molecule has 144 valence electrons. The molecule has 1 N–H and O–H groups in total. The van der Waals surface area contributed by atoms with E-state index in [1.54, 1.807) is 0 Å². The molecular weight excluding hydrogens is 328 g/mol. The van der Waals surface area contributed by atoms with Gasteiger partial charge in [0.25, 0.3) is 0 Å². The molecule has 0 aromatic carbocycles. The Morgan fingerprint density at radius 2 is 1.92 bits per heavy atom.